The molecule has 3 nitrogen and oxygen atoms in total. The van der Waals surface area contributed by atoms with Crippen LogP contribution in [0.3, 0.4) is 0 Å². The second-order valence-electron chi connectivity index (χ2n) is 5.41. The smallest absolute Gasteiger partial charge is 0.235 e. The van der Waals surface area contributed by atoms with Crippen LogP contribution in [0.15, 0.2) is 12.1 Å². The molecular weight excluding hydrogens is 214 g/mol. The number of carbonyl (C=O) groups is 1. The van der Waals surface area contributed by atoms with Crippen molar-refractivity contribution in [1.82, 2.24) is 0 Å². The van der Waals surface area contributed by atoms with Gasteiger partial charge in [0.2, 0.25) is 5.91 Å². The molecular formula is C14H19NO2. The van der Waals surface area contributed by atoms with Gasteiger partial charge in [-0.05, 0) is 38.8 Å². The molecule has 1 amide bonds. The molecule has 2 rings (SSSR count). The minimum Gasteiger partial charge on any atom is -0.490 e. The first-order chi connectivity index (χ1) is 7.84. The molecule has 0 bridgehead atoms. The fourth-order valence-electron chi connectivity index (χ4n) is 2.24. The van der Waals surface area contributed by atoms with Crippen LogP contribution in [-0.2, 0) is 4.79 Å². The average Bonchev–Trinajstić information content (AvgIpc) is 2.35. The Kier molecular flexibility index (Phi) is 2.64. The molecule has 0 aliphatic carbocycles. The Bertz CT molecular complexity index is 477. The van der Waals surface area contributed by atoms with Crippen molar-refractivity contribution in [3.05, 3.63) is 23.3 Å². The lowest BCUT2D eigenvalue weighted by atomic mass is 9.93. The van der Waals surface area contributed by atoms with E-state index in [1.54, 1.807) is 4.90 Å². The summed E-state index contributed by atoms with van der Waals surface area (Å²) in [7, 11) is 1.82. The molecule has 1 aromatic carbocycles. The van der Waals surface area contributed by atoms with Crippen molar-refractivity contribution in [2.24, 2.45) is 5.41 Å². The number of aryl methyl sites for hydroxylation is 2. The fraction of sp³-hybridized carbons (Fsp3) is 0.500. The van der Waals surface area contributed by atoms with Crippen molar-refractivity contribution in [1.29, 1.82) is 0 Å². The van der Waals surface area contributed by atoms with E-state index in [4.69, 9.17) is 4.74 Å². The van der Waals surface area contributed by atoms with Gasteiger partial charge in [0.05, 0.1) is 11.1 Å². The Morgan fingerprint density at radius 2 is 1.82 bits per heavy atom. The third-order valence-electron chi connectivity index (χ3n) is 3.33. The van der Waals surface area contributed by atoms with Gasteiger partial charge in [-0.15, -0.1) is 0 Å². The Hall–Kier alpha value is -1.51. The number of nitrogens with zero attached hydrogens (tertiary/aromatic N) is 1. The summed E-state index contributed by atoms with van der Waals surface area (Å²) in [6.07, 6.45) is 0. The van der Waals surface area contributed by atoms with Crippen LogP contribution in [0.5, 0.6) is 5.75 Å². The van der Waals surface area contributed by atoms with E-state index in [1.165, 1.54) is 0 Å². The van der Waals surface area contributed by atoms with Crippen molar-refractivity contribution in [2.75, 3.05) is 18.6 Å². The number of amides is 1. The van der Waals surface area contributed by atoms with Gasteiger partial charge in [-0.25, -0.2) is 0 Å². The highest BCUT2D eigenvalue weighted by molar-refractivity contribution is 5.99. The zero-order valence-corrected chi connectivity index (χ0v) is 11.1. The number of carbonyl (C=O) groups excluding carboxylic acids is 1. The molecule has 0 spiro atoms. The van der Waals surface area contributed by atoms with Gasteiger partial charge >= 0.3 is 0 Å². The highest BCUT2D eigenvalue weighted by atomic mass is 16.5. The number of fused-ring (bicyclic) bond motifs is 1. The summed E-state index contributed by atoms with van der Waals surface area (Å²) in [5.74, 6) is 0.941. The molecule has 1 aromatic rings. The highest BCUT2D eigenvalue weighted by Gasteiger charge is 2.37. The van der Waals surface area contributed by atoms with Gasteiger partial charge in [-0.1, -0.05) is 12.1 Å². The Balaban J connectivity index is 2.63. The van der Waals surface area contributed by atoms with Crippen LogP contribution in [-0.4, -0.2) is 19.6 Å². The lowest BCUT2D eigenvalue weighted by Crippen LogP contribution is -2.40. The number of ether oxygens (including phenoxy) is 1. The van der Waals surface area contributed by atoms with Crippen LogP contribution in [0.25, 0.3) is 0 Å². The first-order valence-corrected chi connectivity index (χ1v) is 5.86. The number of benzene rings is 1. The quantitative estimate of drug-likeness (QED) is 0.689. The van der Waals surface area contributed by atoms with Gasteiger partial charge in [0.1, 0.15) is 12.4 Å². The lowest BCUT2D eigenvalue weighted by molar-refractivity contribution is -0.127. The second kappa shape index (κ2) is 3.76. The molecule has 0 saturated heterocycles. The van der Waals surface area contributed by atoms with E-state index in [2.05, 4.69) is 0 Å². The maximum absolute atomic E-state index is 12.3. The van der Waals surface area contributed by atoms with Crippen molar-refractivity contribution >= 4 is 11.6 Å². The van der Waals surface area contributed by atoms with E-state index in [9.17, 15) is 4.79 Å². The van der Waals surface area contributed by atoms with E-state index >= 15 is 0 Å². The van der Waals surface area contributed by atoms with E-state index in [0.29, 0.717) is 6.61 Å². The van der Waals surface area contributed by atoms with Crippen molar-refractivity contribution in [2.45, 2.75) is 27.7 Å². The molecule has 3 heteroatoms. The summed E-state index contributed by atoms with van der Waals surface area (Å²) < 4.78 is 5.85. The Morgan fingerprint density at radius 3 is 2.47 bits per heavy atom. The normalized spacial score (nSPS) is 18.4. The third kappa shape index (κ3) is 1.79. The largest absolute Gasteiger partial charge is 0.490 e. The number of hydrogen-bond donors (Lipinski definition) is 0. The topological polar surface area (TPSA) is 29.5 Å². The van der Waals surface area contributed by atoms with Crippen LogP contribution >= 0.6 is 0 Å². The van der Waals surface area contributed by atoms with Crippen molar-refractivity contribution in [3.63, 3.8) is 0 Å². The zero-order chi connectivity index (χ0) is 12.8. The third-order valence-corrected chi connectivity index (χ3v) is 3.33. The molecule has 1 aliphatic heterocycles. The summed E-state index contributed by atoms with van der Waals surface area (Å²) in [4.78, 5) is 14.1. The van der Waals surface area contributed by atoms with E-state index in [0.717, 1.165) is 22.6 Å². The predicted molar refractivity (Wildman–Crippen MR) is 68.6 cm³/mol. The van der Waals surface area contributed by atoms with Crippen LogP contribution in [0.4, 0.5) is 5.69 Å². The first kappa shape index (κ1) is 12.0. The summed E-state index contributed by atoms with van der Waals surface area (Å²) in [5.41, 5.74) is 2.56. The second-order valence-corrected chi connectivity index (χ2v) is 5.41. The molecule has 0 saturated carbocycles. The maximum atomic E-state index is 12.3. The van der Waals surface area contributed by atoms with Crippen LogP contribution in [0, 0.1) is 19.3 Å². The summed E-state index contributed by atoms with van der Waals surface area (Å²) in [6.45, 7) is 8.27. The monoisotopic (exact) mass is 233 g/mol. The molecule has 0 unspecified atom stereocenters. The number of rotatable bonds is 0. The van der Waals surface area contributed by atoms with Crippen molar-refractivity contribution in [3.8, 4) is 5.75 Å². The summed E-state index contributed by atoms with van der Waals surface area (Å²) in [6, 6.07) is 4.06. The van der Waals surface area contributed by atoms with Gasteiger partial charge < -0.3 is 9.64 Å². The fourth-order valence-corrected chi connectivity index (χ4v) is 2.24. The molecule has 0 aromatic heterocycles. The van der Waals surface area contributed by atoms with Gasteiger partial charge in [0.25, 0.3) is 0 Å². The Morgan fingerprint density at radius 1 is 1.24 bits per heavy atom. The highest BCUT2D eigenvalue weighted by Crippen LogP contribution is 2.39. The van der Waals surface area contributed by atoms with Crippen LogP contribution in [0.2, 0.25) is 0 Å². The van der Waals surface area contributed by atoms with Crippen LogP contribution in [0.1, 0.15) is 25.0 Å². The summed E-state index contributed by atoms with van der Waals surface area (Å²) >= 11 is 0. The van der Waals surface area contributed by atoms with Crippen molar-refractivity contribution < 1.29 is 9.53 Å². The van der Waals surface area contributed by atoms with Gasteiger partial charge in [0.15, 0.2) is 0 Å². The van der Waals surface area contributed by atoms with E-state index < -0.39 is 5.41 Å². The minimum absolute atomic E-state index is 0.102. The average molecular weight is 233 g/mol. The van der Waals surface area contributed by atoms with Gasteiger partial charge in [-0.2, -0.15) is 0 Å². The molecule has 0 atom stereocenters. The van der Waals surface area contributed by atoms with Crippen LogP contribution < -0.4 is 9.64 Å². The van der Waals surface area contributed by atoms with Gasteiger partial charge in [0, 0.05) is 7.05 Å². The molecule has 1 heterocycles. The molecule has 0 N–H and O–H groups in total. The predicted octanol–water partition coefficient (Wildman–Crippen LogP) is 2.68. The van der Waals surface area contributed by atoms with Gasteiger partial charge in [-0.3, -0.25) is 4.79 Å². The molecule has 0 radical (unpaired) electrons. The maximum Gasteiger partial charge on any atom is 0.235 e. The lowest BCUT2D eigenvalue weighted by Gasteiger charge is -2.25. The number of hydrogen-bond acceptors (Lipinski definition) is 2. The Labute approximate surface area is 102 Å². The zero-order valence-electron chi connectivity index (χ0n) is 11.1. The molecule has 17 heavy (non-hydrogen) atoms. The molecule has 1 aliphatic rings. The SMILES string of the molecule is Cc1ccc(C)c2c1OCC(C)(C)C(=O)N2C. The van der Waals surface area contributed by atoms with E-state index in [1.807, 2.05) is 46.9 Å². The first-order valence-electron chi connectivity index (χ1n) is 5.86. The van der Waals surface area contributed by atoms with E-state index in [-0.39, 0.29) is 5.91 Å². The number of anilines is 1. The summed E-state index contributed by atoms with van der Waals surface area (Å²) in [5, 5.41) is 0. The molecule has 0 fully saturated rings. The minimum atomic E-state index is -0.480. The standard InChI is InChI=1S/C14H19NO2/c1-9-6-7-10(2)12-11(9)15(5)13(16)14(3,4)8-17-12/h6-7H,8H2,1-5H3. The molecule has 92 valence electrons.